The summed E-state index contributed by atoms with van der Waals surface area (Å²) in [5, 5.41) is 5.41. The Bertz CT molecular complexity index is 3080. The molecule has 0 amide bonds. The van der Waals surface area contributed by atoms with Gasteiger partial charge in [0.15, 0.2) is 17.5 Å². The highest BCUT2D eigenvalue weighted by molar-refractivity contribution is 7.25. The SMILES string of the molecule is c1ccc(-c2nc(-c3cccc(-c4cccc5sc6ccccc6c45)c3)nc(-c3ccc4c(c3)C3(c5c-4ccc4ccccc54)C4CC5CC(C4)CC3C5)n2)cc1. The lowest BCUT2D eigenvalue weighted by atomic mass is 9.43. The van der Waals surface area contributed by atoms with Crippen molar-refractivity contribution in [2.24, 2.45) is 23.7 Å². The maximum absolute atomic E-state index is 5.37. The van der Waals surface area contributed by atoms with Gasteiger partial charge < -0.3 is 0 Å². The Labute approximate surface area is 336 Å². The fourth-order valence-corrected chi connectivity index (χ4v) is 13.4. The van der Waals surface area contributed by atoms with Crippen LogP contribution in [0, 0.1) is 23.7 Å². The normalized spacial score (nSPS) is 22.8. The van der Waals surface area contributed by atoms with Crippen molar-refractivity contribution in [3.8, 4) is 56.4 Å². The molecule has 2 aromatic heterocycles. The molecule has 5 aliphatic rings. The molecule has 0 aliphatic heterocycles. The number of fused-ring (bicyclic) bond motifs is 8. The molecule has 14 rings (SSSR count). The summed E-state index contributed by atoms with van der Waals surface area (Å²) in [4.78, 5) is 15.8. The van der Waals surface area contributed by atoms with E-state index in [0.29, 0.717) is 23.5 Å². The molecule has 7 aromatic carbocycles. The zero-order valence-electron chi connectivity index (χ0n) is 31.5. The molecule has 4 heteroatoms. The Morgan fingerprint density at radius 2 is 1.05 bits per heavy atom. The number of hydrogen-bond acceptors (Lipinski definition) is 4. The molecule has 0 saturated heterocycles. The van der Waals surface area contributed by atoms with Crippen molar-refractivity contribution in [3.05, 3.63) is 163 Å². The van der Waals surface area contributed by atoms with E-state index < -0.39 is 0 Å². The second-order valence-electron chi connectivity index (χ2n) is 17.2. The molecule has 4 saturated carbocycles. The van der Waals surface area contributed by atoms with Crippen molar-refractivity contribution in [2.45, 2.75) is 37.5 Å². The average Bonchev–Trinajstić information content (AvgIpc) is 3.79. The Morgan fingerprint density at radius 1 is 0.439 bits per heavy atom. The predicted molar refractivity (Wildman–Crippen MR) is 235 cm³/mol. The Kier molecular flexibility index (Phi) is 6.78. The van der Waals surface area contributed by atoms with Crippen molar-refractivity contribution in [1.82, 2.24) is 15.0 Å². The summed E-state index contributed by atoms with van der Waals surface area (Å²) in [5.41, 5.74) is 11.4. The van der Waals surface area contributed by atoms with Gasteiger partial charge in [-0.25, -0.2) is 15.0 Å². The third-order valence-electron chi connectivity index (χ3n) is 14.3. The number of thiophene rings is 1. The van der Waals surface area contributed by atoms with Gasteiger partial charge in [0.1, 0.15) is 0 Å². The fourth-order valence-electron chi connectivity index (χ4n) is 12.3. The second kappa shape index (κ2) is 12.0. The van der Waals surface area contributed by atoms with E-state index in [0.717, 1.165) is 39.9 Å². The summed E-state index contributed by atoms with van der Waals surface area (Å²) < 4.78 is 2.61. The smallest absolute Gasteiger partial charge is 0.164 e. The first kappa shape index (κ1) is 32.2. The lowest BCUT2D eigenvalue weighted by Crippen LogP contribution is -2.55. The van der Waals surface area contributed by atoms with Gasteiger partial charge in [-0.1, -0.05) is 127 Å². The molecule has 9 aromatic rings. The van der Waals surface area contributed by atoms with Crippen molar-refractivity contribution >= 4 is 42.3 Å². The zero-order valence-corrected chi connectivity index (χ0v) is 32.3. The average molecular weight is 750 g/mol. The molecule has 1 spiro atoms. The first-order valence-electron chi connectivity index (χ1n) is 20.7. The highest BCUT2D eigenvalue weighted by Crippen LogP contribution is 2.70. The van der Waals surface area contributed by atoms with E-state index in [1.54, 1.807) is 5.56 Å². The van der Waals surface area contributed by atoms with Crippen LogP contribution in [0.4, 0.5) is 0 Å². The van der Waals surface area contributed by atoms with E-state index in [2.05, 4.69) is 152 Å². The summed E-state index contributed by atoms with van der Waals surface area (Å²) in [6.45, 7) is 0. The molecular weight excluding hydrogens is 711 g/mol. The number of hydrogen-bond donors (Lipinski definition) is 0. The summed E-state index contributed by atoms with van der Waals surface area (Å²) in [5.74, 6) is 5.22. The minimum atomic E-state index is 0.0221. The van der Waals surface area contributed by atoms with Gasteiger partial charge in [-0.2, -0.15) is 0 Å². The molecule has 0 radical (unpaired) electrons. The minimum Gasteiger partial charge on any atom is -0.208 e. The van der Waals surface area contributed by atoms with Gasteiger partial charge in [-0.15, -0.1) is 11.3 Å². The van der Waals surface area contributed by atoms with Crippen LogP contribution in [-0.4, -0.2) is 15.0 Å². The molecule has 272 valence electrons. The van der Waals surface area contributed by atoms with E-state index in [4.69, 9.17) is 15.0 Å². The monoisotopic (exact) mass is 749 g/mol. The summed E-state index contributed by atoms with van der Waals surface area (Å²) in [6.07, 6.45) is 6.82. The molecule has 4 fully saturated rings. The van der Waals surface area contributed by atoms with Gasteiger partial charge in [0, 0.05) is 42.3 Å². The van der Waals surface area contributed by atoms with Crippen molar-refractivity contribution in [2.75, 3.05) is 0 Å². The van der Waals surface area contributed by atoms with Crippen molar-refractivity contribution in [3.63, 3.8) is 0 Å². The fraction of sp³-hybridized carbons (Fsp3) is 0.189. The summed E-state index contributed by atoms with van der Waals surface area (Å²) in [6, 6.07) is 55.7. The van der Waals surface area contributed by atoms with E-state index >= 15 is 0 Å². The molecule has 57 heavy (non-hydrogen) atoms. The van der Waals surface area contributed by atoms with Gasteiger partial charge in [-0.05, 0) is 124 Å². The summed E-state index contributed by atoms with van der Waals surface area (Å²) in [7, 11) is 0. The topological polar surface area (TPSA) is 38.7 Å². The van der Waals surface area contributed by atoms with Crippen LogP contribution in [0.5, 0.6) is 0 Å². The van der Waals surface area contributed by atoms with Gasteiger partial charge in [-0.3, -0.25) is 0 Å². The highest BCUT2D eigenvalue weighted by Gasteiger charge is 2.62. The van der Waals surface area contributed by atoms with Crippen molar-refractivity contribution in [1.29, 1.82) is 0 Å². The van der Waals surface area contributed by atoms with Crippen LogP contribution in [-0.2, 0) is 5.41 Å². The third kappa shape index (κ3) is 4.62. The number of benzene rings is 7. The standard InChI is InChI=1S/C53H39N3S/c1-2-11-34(12-3-1)50-54-51(36-14-8-13-35(29-36)40-17-9-19-47-48(40)44-16-6-7-18-46(44)57-47)56-52(55-50)37-21-22-42-43-23-20-33-10-4-5-15-41(33)49(43)53(45(42)30-37)38-25-31-24-32(27-38)28-39(53)26-31/h1-23,29-32,38-39H,24-28H2. The summed E-state index contributed by atoms with van der Waals surface area (Å²) >= 11 is 1.86. The largest absolute Gasteiger partial charge is 0.208 e. The molecule has 3 nitrogen and oxygen atoms in total. The number of aromatic nitrogens is 3. The van der Waals surface area contributed by atoms with Crippen molar-refractivity contribution < 1.29 is 0 Å². The van der Waals surface area contributed by atoms with Crippen LogP contribution < -0.4 is 0 Å². The molecule has 0 unspecified atom stereocenters. The van der Waals surface area contributed by atoms with E-state index in [9.17, 15) is 0 Å². The Morgan fingerprint density at radius 3 is 1.86 bits per heavy atom. The second-order valence-corrected chi connectivity index (χ2v) is 18.3. The van der Waals surface area contributed by atoms with E-state index in [-0.39, 0.29) is 5.41 Å². The molecular formula is C53H39N3S. The minimum absolute atomic E-state index is 0.0221. The van der Waals surface area contributed by atoms with Gasteiger partial charge in [0.2, 0.25) is 0 Å². The first-order valence-corrected chi connectivity index (χ1v) is 21.5. The quantitative estimate of drug-likeness (QED) is 0.180. The number of nitrogens with zero attached hydrogens (tertiary/aromatic N) is 3. The van der Waals surface area contributed by atoms with Crippen LogP contribution in [0.3, 0.4) is 0 Å². The van der Waals surface area contributed by atoms with Crippen LogP contribution in [0.15, 0.2) is 152 Å². The molecule has 5 aliphatic carbocycles. The van der Waals surface area contributed by atoms with Crippen LogP contribution in [0.25, 0.3) is 87.4 Å². The molecule has 2 heterocycles. The lowest BCUT2D eigenvalue weighted by Gasteiger charge is -2.61. The maximum atomic E-state index is 5.37. The molecule has 0 atom stereocenters. The Balaban J connectivity index is 1.00. The Hall–Kier alpha value is -5.97. The van der Waals surface area contributed by atoms with Crippen LogP contribution in [0.1, 0.15) is 43.2 Å². The predicted octanol–water partition coefficient (Wildman–Crippen LogP) is 13.8. The van der Waals surface area contributed by atoms with E-state index in [1.165, 1.54) is 85.3 Å². The van der Waals surface area contributed by atoms with Crippen LogP contribution in [0.2, 0.25) is 0 Å². The zero-order chi connectivity index (χ0) is 37.2. The van der Waals surface area contributed by atoms with Gasteiger partial charge in [0.25, 0.3) is 0 Å². The van der Waals surface area contributed by atoms with Gasteiger partial charge in [0.05, 0.1) is 0 Å². The highest BCUT2D eigenvalue weighted by atomic mass is 32.1. The maximum Gasteiger partial charge on any atom is 0.164 e. The lowest BCUT2D eigenvalue weighted by molar-refractivity contribution is -0.0393. The first-order chi connectivity index (χ1) is 28.2. The number of rotatable bonds is 4. The van der Waals surface area contributed by atoms with Crippen LogP contribution >= 0.6 is 11.3 Å². The van der Waals surface area contributed by atoms with E-state index in [1.807, 2.05) is 11.3 Å². The third-order valence-corrected chi connectivity index (χ3v) is 15.4. The molecule has 0 N–H and O–H groups in total. The van der Waals surface area contributed by atoms with Gasteiger partial charge >= 0.3 is 0 Å². The molecule has 4 bridgehead atoms.